The van der Waals surface area contributed by atoms with Crippen LogP contribution in [-0.4, -0.2) is 50.5 Å². The van der Waals surface area contributed by atoms with Crippen molar-refractivity contribution < 1.29 is 24.2 Å². The quantitative estimate of drug-likeness (QED) is 0.708. The summed E-state index contributed by atoms with van der Waals surface area (Å²) < 4.78 is 10.1. The van der Waals surface area contributed by atoms with Crippen LogP contribution in [0, 0.1) is 13.8 Å². The largest absolute Gasteiger partial charge is 0.478 e. The second-order valence-electron chi connectivity index (χ2n) is 4.62. The molecule has 1 amide bonds. The summed E-state index contributed by atoms with van der Waals surface area (Å²) in [7, 11) is 1.58. The van der Waals surface area contributed by atoms with Crippen LogP contribution in [0.3, 0.4) is 0 Å². The van der Waals surface area contributed by atoms with E-state index in [1.807, 2.05) is 0 Å². The summed E-state index contributed by atoms with van der Waals surface area (Å²) in [5, 5.41) is 11.9. The van der Waals surface area contributed by atoms with E-state index in [0.29, 0.717) is 37.5 Å². The van der Waals surface area contributed by atoms with Gasteiger partial charge < -0.3 is 19.9 Å². The maximum absolute atomic E-state index is 12.2. The average molecular weight is 295 g/mol. The Labute approximate surface area is 124 Å². The smallest absolute Gasteiger partial charge is 0.336 e. The molecule has 2 N–H and O–H groups in total. The molecule has 1 aromatic carbocycles. The number of ether oxygens (including phenoxy) is 2. The van der Waals surface area contributed by atoms with Crippen molar-refractivity contribution in [2.24, 2.45) is 0 Å². The Hall–Kier alpha value is -1.92. The van der Waals surface area contributed by atoms with Crippen molar-refractivity contribution in [1.82, 2.24) is 5.32 Å². The number of nitrogens with one attached hydrogen (secondary N) is 1. The van der Waals surface area contributed by atoms with Gasteiger partial charge in [-0.05, 0) is 25.0 Å². The number of benzene rings is 1. The van der Waals surface area contributed by atoms with Gasteiger partial charge >= 0.3 is 5.97 Å². The third-order valence-electron chi connectivity index (χ3n) is 3.03. The lowest BCUT2D eigenvalue weighted by Gasteiger charge is -2.12. The summed E-state index contributed by atoms with van der Waals surface area (Å²) in [5.74, 6) is -1.50. The lowest BCUT2D eigenvalue weighted by atomic mass is 9.96. The zero-order chi connectivity index (χ0) is 15.8. The van der Waals surface area contributed by atoms with Gasteiger partial charge in [0, 0.05) is 13.7 Å². The summed E-state index contributed by atoms with van der Waals surface area (Å²) in [6, 6.07) is 3.44. The third kappa shape index (κ3) is 4.84. The summed E-state index contributed by atoms with van der Waals surface area (Å²) in [4.78, 5) is 23.5. The van der Waals surface area contributed by atoms with E-state index in [9.17, 15) is 14.7 Å². The number of methoxy groups -OCH3 is 1. The third-order valence-corrected chi connectivity index (χ3v) is 3.03. The number of hydrogen-bond donors (Lipinski definition) is 2. The lowest BCUT2D eigenvalue weighted by Crippen LogP contribution is -2.30. The number of carboxylic acids is 1. The van der Waals surface area contributed by atoms with Gasteiger partial charge in [0.1, 0.15) is 0 Å². The van der Waals surface area contributed by atoms with Crippen LogP contribution in [-0.2, 0) is 9.47 Å². The van der Waals surface area contributed by atoms with E-state index in [-0.39, 0.29) is 11.1 Å². The second kappa shape index (κ2) is 8.39. The molecule has 0 unspecified atom stereocenters. The Bertz CT molecular complexity index is 513. The molecule has 0 aromatic heterocycles. The predicted molar refractivity (Wildman–Crippen MR) is 77.9 cm³/mol. The monoisotopic (exact) mass is 295 g/mol. The minimum atomic E-state index is -1.10. The molecule has 0 aliphatic heterocycles. The number of aryl methyl sites for hydroxylation is 2. The molecule has 1 rings (SSSR count). The van der Waals surface area contributed by atoms with Gasteiger partial charge in [0.2, 0.25) is 0 Å². The van der Waals surface area contributed by atoms with E-state index in [1.165, 1.54) is 0 Å². The molecule has 1 aromatic rings. The fourth-order valence-electron chi connectivity index (χ4n) is 1.95. The molecule has 0 heterocycles. The van der Waals surface area contributed by atoms with E-state index in [2.05, 4.69) is 5.32 Å². The van der Waals surface area contributed by atoms with Gasteiger partial charge in [-0.15, -0.1) is 0 Å². The predicted octanol–water partition coefficient (Wildman–Crippen LogP) is 1.39. The average Bonchev–Trinajstić information content (AvgIpc) is 2.44. The number of rotatable bonds is 8. The maximum Gasteiger partial charge on any atom is 0.336 e. The Morgan fingerprint density at radius 2 is 1.71 bits per heavy atom. The fourth-order valence-corrected chi connectivity index (χ4v) is 1.95. The summed E-state index contributed by atoms with van der Waals surface area (Å²) in [5.41, 5.74) is 1.46. The molecule has 0 spiro atoms. The highest BCUT2D eigenvalue weighted by molar-refractivity contribution is 6.06. The van der Waals surface area contributed by atoms with E-state index in [0.717, 1.165) is 0 Å². The van der Waals surface area contributed by atoms with Gasteiger partial charge in [-0.25, -0.2) is 4.79 Å². The standard InChI is InChI=1S/C15H21NO5/c1-10-4-5-11(2)13(15(18)19)12(10)14(17)16-6-7-21-9-8-20-3/h4-5H,6-9H2,1-3H3,(H,16,17)(H,18,19). The van der Waals surface area contributed by atoms with Crippen molar-refractivity contribution in [3.8, 4) is 0 Å². The lowest BCUT2D eigenvalue weighted by molar-refractivity contribution is 0.0676. The number of amides is 1. The first-order valence-corrected chi connectivity index (χ1v) is 6.67. The molecular weight excluding hydrogens is 274 g/mol. The van der Waals surface area contributed by atoms with Crippen LogP contribution in [0.4, 0.5) is 0 Å². The van der Waals surface area contributed by atoms with Crippen LogP contribution in [0.25, 0.3) is 0 Å². The first-order chi connectivity index (χ1) is 9.99. The number of carbonyl (C=O) groups is 2. The highest BCUT2D eigenvalue weighted by Gasteiger charge is 2.20. The first kappa shape index (κ1) is 17.1. The Morgan fingerprint density at radius 1 is 1.10 bits per heavy atom. The molecule has 0 radical (unpaired) electrons. The maximum atomic E-state index is 12.2. The molecule has 0 aliphatic carbocycles. The highest BCUT2D eigenvalue weighted by atomic mass is 16.5. The van der Waals surface area contributed by atoms with Crippen molar-refractivity contribution in [3.05, 3.63) is 34.4 Å². The molecule has 0 saturated carbocycles. The number of carbonyl (C=O) groups excluding carboxylic acids is 1. The van der Waals surface area contributed by atoms with Crippen LogP contribution in [0.1, 0.15) is 31.8 Å². The van der Waals surface area contributed by atoms with E-state index < -0.39 is 11.9 Å². The number of hydrogen-bond acceptors (Lipinski definition) is 4. The first-order valence-electron chi connectivity index (χ1n) is 6.67. The van der Waals surface area contributed by atoms with E-state index >= 15 is 0 Å². The van der Waals surface area contributed by atoms with Crippen LogP contribution in [0.15, 0.2) is 12.1 Å². The Kier molecular flexibility index (Phi) is 6.84. The zero-order valence-electron chi connectivity index (χ0n) is 12.6. The van der Waals surface area contributed by atoms with Gasteiger partial charge in [-0.3, -0.25) is 4.79 Å². The van der Waals surface area contributed by atoms with Crippen LogP contribution in [0.5, 0.6) is 0 Å². The summed E-state index contributed by atoms with van der Waals surface area (Å²) >= 11 is 0. The van der Waals surface area contributed by atoms with Crippen molar-refractivity contribution in [1.29, 1.82) is 0 Å². The Balaban J connectivity index is 2.70. The number of aromatic carboxylic acids is 1. The molecule has 6 heteroatoms. The zero-order valence-corrected chi connectivity index (χ0v) is 12.6. The molecule has 0 saturated heterocycles. The van der Waals surface area contributed by atoms with Gasteiger partial charge in [-0.2, -0.15) is 0 Å². The van der Waals surface area contributed by atoms with Gasteiger partial charge in [-0.1, -0.05) is 12.1 Å². The van der Waals surface area contributed by atoms with Crippen LogP contribution < -0.4 is 5.32 Å². The molecule has 21 heavy (non-hydrogen) atoms. The van der Waals surface area contributed by atoms with Gasteiger partial charge in [0.25, 0.3) is 5.91 Å². The molecule has 0 atom stereocenters. The number of carboxylic acid groups (broad SMARTS) is 1. The normalized spacial score (nSPS) is 10.4. The topological polar surface area (TPSA) is 84.9 Å². The second-order valence-corrected chi connectivity index (χ2v) is 4.62. The minimum Gasteiger partial charge on any atom is -0.478 e. The van der Waals surface area contributed by atoms with Crippen molar-refractivity contribution in [2.45, 2.75) is 13.8 Å². The van der Waals surface area contributed by atoms with Crippen molar-refractivity contribution in [3.63, 3.8) is 0 Å². The van der Waals surface area contributed by atoms with Crippen LogP contribution >= 0.6 is 0 Å². The molecular formula is C15H21NO5. The van der Waals surface area contributed by atoms with E-state index in [1.54, 1.807) is 33.1 Å². The Morgan fingerprint density at radius 3 is 2.29 bits per heavy atom. The van der Waals surface area contributed by atoms with E-state index in [4.69, 9.17) is 9.47 Å². The van der Waals surface area contributed by atoms with Gasteiger partial charge in [0.15, 0.2) is 0 Å². The van der Waals surface area contributed by atoms with Crippen LogP contribution in [0.2, 0.25) is 0 Å². The van der Waals surface area contributed by atoms with Crippen molar-refractivity contribution >= 4 is 11.9 Å². The summed E-state index contributed by atoms with van der Waals surface area (Å²) in [6.07, 6.45) is 0. The fraction of sp³-hybridized carbons (Fsp3) is 0.467. The van der Waals surface area contributed by atoms with Gasteiger partial charge in [0.05, 0.1) is 30.9 Å². The molecule has 0 fully saturated rings. The molecule has 0 bridgehead atoms. The molecule has 0 aliphatic rings. The molecule has 6 nitrogen and oxygen atoms in total. The summed E-state index contributed by atoms with van der Waals surface area (Å²) in [6.45, 7) is 5.01. The van der Waals surface area contributed by atoms with Crippen molar-refractivity contribution in [2.75, 3.05) is 33.5 Å². The SMILES string of the molecule is COCCOCCNC(=O)c1c(C)ccc(C)c1C(=O)O. The molecule has 116 valence electrons. The highest BCUT2D eigenvalue weighted by Crippen LogP contribution is 2.18. The minimum absolute atomic E-state index is 0.0489.